The highest BCUT2D eigenvalue weighted by Gasteiger charge is 2.35. The molecule has 2 N–H and O–H groups in total. The van der Waals surface area contributed by atoms with Crippen molar-refractivity contribution in [3.63, 3.8) is 0 Å². The van der Waals surface area contributed by atoms with Crippen LogP contribution in [0.5, 0.6) is 0 Å². The van der Waals surface area contributed by atoms with Gasteiger partial charge in [-0.05, 0) is 38.8 Å². The molecule has 1 amide bonds. The van der Waals surface area contributed by atoms with Crippen LogP contribution in [0.3, 0.4) is 0 Å². The topological polar surface area (TPSA) is 71.5 Å². The first-order valence-electron chi connectivity index (χ1n) is 6.97. The molecule has 0 aromatic carbocycles. The number of pyridine rings is 1. The lowest BCUT2D eigenvalue weighted by Crippen LogP contribution is -2.30. The molecule has 2 unspecified atom stereocenters. The first-order chi connectivity index (χ1) is 9.41. The molecule has 0 radical (unpaired) electrons. The first kappa shape index (κ1) is 14.9. The quantitative estimate of drug-likeness (QED) is 0.884. The highest BCUT2D eigenvalue weighted by molar-refractivity contribution is 5.94. The Labute approximate surface area is 119 Å². The minimum absolute atomic E-state index is 0.0321. The van der Waals surface area contributed by atoms with Crippen molar-refractivity contribution < 1.29 is 14.6 Å². The van der Waals surface area contributed by atoms with Crippen LogP contribution < -0.4 is 5.32 Å². The van der Waals surface area contributed by atoms with Gasteiger partial charge in [-0.1, -0.05) is 6.92 Å². The Kier molecular flexibility index (Phi) is 4.40. The fraction of sp³-hybridized carbons (Fsp3) is 0.600. The lowest BCUT2D eigenvalue weighted by atomic mass is 10.1. The van der Waals surface area contributed by atoms with E-state index >= 15 is 0 Å². The van der Waals surface area contributed by atoms with Gasteiger partial charge in [-0.15, -0.1) is 0 Å². The first-order valence-corrected chi connectivity index (χ1v) is 6.97. The minimum Gasteiger partial charge on any atom is -0.396 e. The highest BCUT2D eigenvalue weighted by atomic mass is 16.5. The number of aromatic nitrogens is 1. The van der Waals surface area contributed by atoms with Crippen molar-refractivity contribution in [3.05, 3.63) is 24.0 Å². The smallest absolute Gasteiger partial charge is 0.253 e. The normalized spacial score (nSPS) is 22.5. The molecule has 1 aromatic heterocycles. The summed E-state index contributed by atoms with van der Waals surface area (Å²) in [7, 11) is 0. The number of nitrogens with zero attached hydrogens (tertiary/aromatic N) is 1. The summed E-state index contributed by atoms with van der Waals surface area (Å²) in [4.78, 5) is 16.3. The van der Waals surface area contributed by atoms with Crippen LogP contribution >= 0.6 is 0 Å². The number of anilines is 1. The third-order valence-corrected chi connectivity index (χ3v) is 3.59. The molecule has 2 rings (SSSR count). The number of hydrogen-bond acceptors (Lipinski definition) is 4. The van der Waals surface area contributed by atoms with Crippen LogP contribution in [-0.4, -0.2) is 34.3 Å². The van der Waals surface area contributed by atoms with Gasteiger partial charge in [-0.3, -0.25) is 9.78 Å². The number of aliphatic hydroxyl groups is 1. The lowest BCUT2D eigenvalue weighted by Gasteiger charge is -2.19. The summed E-state index contributed by atoms with van der Waals surface area (Å²) in [5, 5.41) is 12.0. The zero-order chi connectivity index (χ0) is 14.8. The maximum absolute atomic E-state index is 12.1. The van der Waals surface area contributed by atoms with Crippen LogP contribution in [-0.2, 0) is 9.53 Å². The SMILES string of the molecule is CC(CO)c1cc(NC(=O)C2CCC(C)(C)O2)ccn1. The molecule has 5 nitrogen and oxygen atoms in total. The Balaban J connectivity index is 2.01. The average Bonchev–Trinajstić information content (AvgIpc) is 2.78. The monoisotopic (exact) mass is 278 g/mol. The second-order valence-electron chi connectivity index (χ2n) is 5.95. The molecule has 2 heterocycles. The van der Waals surface area contributed by atoms with Gasteiger partial charge >= 0.3 is 0 Å². The minimum atomic E-state index is -0.392. The standard InChI is InChI=1S/C15H22N2O3/c1-10(9-18)12-8-11(5-7-16-12)17-14(19)13-4-6-15(2,3)20-13/h5,7-8,10,13,18H,4,6,9H2,1-3H3,(H,16,17,19). The van der Waals surface area contributed by atoms with E-state index in [0.717, 1.165) is 18.5 Å². The molecular weight excluding hydrogens is 256 g/mol. The predicted octanol–water partition coefficient (Wildman–Crippen LogP) is 2.07. The zero-order valence-electron chi connectivity index (χ0n) is 12.2. The van der Waals surface area contributed by atoms with Gasteiger partial charge in [-0.2, -0.15) is 0 Å². The molecule has 1 saturated heterocycles. The molecule has 0 spiro atoms. The molecule has 110 valence electrons. The Morgan fingerprint density at radius 3 is 3.00 bits per heavy atom. The number of amides is 1. The Morgan fingerprint density at radius 1 is 1.65 bits per heavy atom. The summed E-state index contributed by atoms with van der Waals surface area (Å²) >= 11 is 0. The lowest BCUT2D eigenvalue weighted by molar-refractivity contribution is -0.129. The summed E-state index contributed by atoms with van der Waals surface area (Å²) in [6.45, 7) is 5.91. The summed E-state index contributed by atoms with van der Waals surface area (Å²) in [5.74, 6) is -0.169. The summed E-state index contributed by atoms with van der Waals surface area (Å²) in [6, 6.07) is 3.53. The Morgan fingerprint density at radius 2 is 2.40 bits per heavy atom. The Bertz CT molecular complexity index is 488. The van der Waals surface area contributed by atoms with Crippen molar-refractivity contribution in [2.75, 3.05) is 11.9 Å². The zero-order valence-corrected chi connectivity index (χ0v) is 12.2. The van der Waals surface area contributed by atoms with Gasteiger partial charge in [-0.25, -0.2) is 0 Å². The number of carbonyl (C=O) groups is 1. The second kappa shape index (κ2) is 5.89. The van der Waals surface area contributed by atoms with E-state index in [2.05, 4.69) is 10.3 Å². The largest absolute Gasteiger partial charge is 0.396 e. The molecule has 1 aliphatic heterocycles. The highest BCUT2D eigenvalue weighted by Crippen LogP contribution is 2.30. The van der Waals surface area contributed by atoms with Crippen molar-refractivity contribution in [1.82, 2.24) is 4.98 Å². The van der Waals surface area contributed by atoms with E-state index < -0.39 is 6.10 Å². The van der Waals surface area contributed by atoms with E-state index in [0.29, 0.717) is 5.69 Å². The van der Waals surface area contributed by atoms with Crippen molar-refractivity contribution in [2.45, 2.75) is 51.2 Å². The van der Waals surface area contributed by atoms with E-state index in [4.69, 9.17) is 9.84 Å². The van der Waals surface area contributed by atoms with Gasteiger partial charge in [0.15, 0.2) is 0 Å². The number of nitrogens with one attached hydrogen (secondary N) is 1. The van der Waals surface area contributed by atoms with E-state index in [1.54, 1.807) is 18.3 Å². The molecule has 2 atom stereocenters. The van der Waals surface area contributed by atoms with Crippen LogP contribution in [0.4, 0.5) is 5.69 Å². The van der Waals surface area contributed by atoms with Gasteiger partial charge in [0.2, 0.25) is 0 Å². The summed E-state index contributed by atoms with van der Waals surface area (Å²) < 4.78 is 5.71. The number of aliphatic hydroxyl groups excluding tert-OH is 1. The molecule has 1 aliphatic rings. The van der Waals surface area contributed by atoms with Crippen molar-refractivity contribution in [1.29, 1.82) is 0 Å². The van der Waals surface area contributed by atoms with Gasteiger partial charge in [0.25, 0.3) is 5.91 Å². The molecule has 1 fully saturated rings. The molecule has 0 saturated carbocycles. The number of rotatable bonds is 4. The van der Waals surface area contributed by atoms with E-state index in [1.807, 2.05) is 20.8 Å². The maximum Gasteiger partial charge on any atom is 0.253 e. The van der Waals surface area contributed by atoms with Crippen LogP contribution in [0, 0.1) is 0 Å². The van der Waals surface area contributed by atoms with Gasteiger partial charge in [0, 0.05) is 23.5 Å². The molecule has 0 bridgehead atoms. The van der Waals surface area contributed by atoms with Crippen molar-refractivity contribution in [3.8, 4) is 0 Å². The summed E-state index contributed by atoms with van der Waals surface area (Å²) in [6.07, 6.45) is 2.87. The van der Waals surface area contributed by atoms with Gasteiger partial charge < -0.3 is 15.2 Å². The van der Waals surface area contributed by atoms with E-state index in [9.17, 15) is 4.79 Å². The van der Waals surface area contributed by atoms with E-state index in [1.165, 1.54) is 0 Å². The number of ether oxygens (including phenoxy) is 1. The van der Waals surface area contributed by atoms with Crippen LogP contribution in [0.15, 0.2) is 18.3 Å². The number of carbonyl (C=O) groups excluding carboxylic acids is 1. The maximum atomic E-state index is 12.1. The van der Waals surface area contributed by atoms with Gasteiger partial charge in [0.05, 0.1) is 12.2 Å². The molecule has 5 heteroatoms. The number of hydrogen-bond donors (Lipinski definition) is 2. The Hall–Kier alpha value is -1.46. The molecule has 1 aromatic rings. The van der Waals surface area contributed by atoms with Gasteiger partial charge in [0.1, 0.15) is 6.10 Å². The predicted molar refractivity (Wildman–Crippen MR) is 76.6 cm³/mol. The van der Waals surface area contributed by atoms with Crippen LogP contribution in [0.2, 0.25) is 0 Å². The fourth-order valence-corrected chi connectivity index (χ4v) is 2.28. The second-order valence-corrected chi connectivity index (χ2v) is 5.95. The third kappa shape index (κ3) is 3.55. The van der Waals surface area contributed by atoms with Crippen molar-refractivity contribution >= 4 is 11.6 Å². The van der Waals surface area contributed by atoms with Crippen LogP contribution in [0.1, 0.15) is 45.2 Å². The van der Waals surface area contributed by atoms with E-state index in [-0.39, 0.29) is 24.0 Å². The molecule has 20 heavy (non-hydrogen) atoms. The van der Waals surface area contributed by atoms with Crippen LogP contribution in [0.25, 0.3) is 0 Å². The third-order valence-electron chi connectivity index (χ3n) is 3.59. The van der Waals surface area contributed by atoms with Crippen molar-refractivity contribution in [2.24, 2.45) is 0 Å². The summed E-state index contributed by atoms with van der Waals surface area (Å²) in [5.41, 5.74) is 1.23. The molecule has 0 aliphatic carbocycles. The fourth-order valence-electron chi connectivity index (χ4n) is 2.28. The molecular formula is C15H22N2O3. The average molecular weight is 278 g/mol.